The lowest BCUT2D eigenvalue weighted by molar-refractivity contribution is 0.0756. The van der Waals surface area contributed by atoms with Crippen molar-refractivity contribution >= 4 is 22.6 Å². The minimum Gasteiger partial charge on any atom is -0.282 e. The van der Waals surface area contributed by atoms with Gasteiger partial charge in [0.15, 0.2) is 4.99 Å². The average molecular weight is 132 g/mol. The Labute approximate surface area is 49.5 Å². The predicted molar refractivity (Wildman–Crippen MR) is 30.1 cm³/mol. The molecule has 1 aliphatic rings. The van der Waals surface area contributed by atoms with E-state index in [0.717, 1.165) is 5.06 Å². The van der Waals surface area contributed by atoms with Crippen LogP contribution in [0.15, 0.2) is 4.99 Å². The molecule has 0 saturated heterocycles. The summed E-state index contributed by atoms with van der Waals surface area (Å²) < 4.78 is 9.94. The summed E-state index contributed by atoms with van der Waals surface area (Å²) in [6.07, 6.45) is 1.21. The second kappa shape index (κ2) is 2.06. The molecule has 0 aromatic rings. The maximum Gasteiger partial charge on any atom is 0.162 e. The lowest BCUT2D eigenvalue weighted by Gasteiger charge is -1.98. The first-order valence-electron chi connectivity index (χ1n) is 1.98. The Hall–Kier alpha value is -0.680. The molecule has 0 aliphatic carbocycles. The van der Waals surface area contributed by atoms with Crippen LogP contribution in [0, 0.1) is 0 Å². The Kier molecular flexibility index (Phi) is 1.40. The molecule has 0 spiro atoms. The number of hydroxylamine groups is 2. The molecule has 1 rings (SSSR count). The molecule has 1 heterocycles. The maximum atomic E-state index is 9.94. The van der Waals surface area contributed by atoms with Crippen LogP contribution in [0.2, 0.25) is 0 Å². The molecule has 0 aromatic heterocycles. The molecule has 0 aromatic carbocycles. The van der Waals surface area contributed by atoms with Crippen molar-refractivity contribution in [1.82, 2.24) is 5.06 Å². The molecule has 0 fully saturated rings. The Bertz CT molecular complexity index is 172. The van der Waals surface area contributed by atoms with Crippen molar-refractivity contribution in [3.63, 3.8) is 0 Å². The Morgan fingerprint density at radius 2 is 2.75 bits per heavy atom. The average Bonchev–Trinajstić information content (AvgIpc) is 2.14. The van der Waals surface area contributed by atoms with Crippen LogP contribution in [0.4, 0.5) is 0 Å². The van der Waals surface area contributed by atoms with E-state index >= 15 is 0 Å². The summed E-state index contributed by atoms with van der Waals surface area (Å²) >= 11 is 0.258. The van der Waals surface area contributed by atoms with Crippen molar-refractivity contribution in [3.8, 4) is 0 Å². The maximum absolute atomic E-state index is 9.94. The monoisotopic (exact) mass is 132 g/mol. The summed E-state index contributed by atoms with van der Waals surface area (Å²) in [7, 11) is 0. The summed E-state index contributed by atoms with van der Waals surface area (Å²) in [6, 6.07) is 0. The first-order valence-corrected chi connectivity index (χ1v) is 2.72. The molecular weight excluding hydrogens is 128 g/mol. The Balaban J connectivity index is 2.79. The van der Waals surface area contributed by atoms with E-state index in [2.05, 4.69) is 4.99 Å². The topological polar surface area (TPSA) is 52.9 Å². The zero-order valence-corrected chi connectivity index (χ0v) is 4.76. The lowest BCUT2D eigenvalue weighted by Crippen LogP contribution is -2.21. The molecule has 0 radical (unpaired) electrons. The van der Waals surface area contributed by atoms with E-state index in [1.807, 2.05) is 0 Å². The van der Waals surface area contributed by atoms with Crippen molar-refractivity contribution in [2.24, 2.45) is 4.99 Å². The summed E-state index contributed by atoms with van der Waals surface area (Å²) in [5.74, 6) is 0. The van der Waals surface area contributed by atoms with Gasteiger partial charge in [0.2, 0.25) is 0 Å². The highest BCUT2D eigenvalue weighted by Crippen LogP contribution is 1.89. The molecule has 0 amide bonds. The van der Waals surface area contributed by atoms with Crippen LogP contribution in [-0.2, 0) is 11.3 Å². The van der Waals surface area contributed by atoms with E-state index in [4.69, 9.17) is 5.21 Å². The molecule has 1 N–H and O–H groups in total. The Morgan fingerprint density at radius 1 is 2.00 bits per heavy atom. The smallest absolute Gasteiger partial charge is 0.162 e. The third kappa shape index (κ3) is 0.775. The molecule has 0 saturated carbocycles. The normalized spacial score (nSPS) is 17.6. The fourth-order valence-corrected chi connectivity index (χ4v) is 0.648. The van der Waals surface area contributed by atoms with Gasteiger partial charge in [-0.2, -0.15) is 0 Å². The van der Waals surface area contributed by atoms with Crippen molar-refractivity contribution in [1.29, 1.82) is 0 Å². The summed E-state index contributed by atoms with van der Waals surface area (Å²) in [6.45, 7) is 0.310. The quantitative estimate of drug-likeness (QED) is 0.433. The van der Waals surface area contributed by atoms with Gasteiger partial charge in [0, 0.05) is 0 Å². The van der Waals surface area contributed by atoms with E-state index in [9.17, 15) is 4.21 Å². The van der Waals surface area contributed by atoms with Crippen LogP contribution in [0.3, 0.4) is 0 Å². The van der Waals surface area contributed by atoms with Gasteiger partial charge in [0.1, 0.15) is 17.6 Å². The molecular formula is C3H4N2O2S. The van der Waals surface area contributed by atoms with Crippen LogP contribution in [-0.4, -0.2) is 32.4 Å². The molecule has 8 heavy (non-hydrogen) atoms. The highest BCUT2D eigenvalue weighted by molar-refractivity contribution is 7.66. The van der Waals surface area contributed by atoms with Gasteiger partial charge >= 0.3 is 0 Å². The standard InChI is InChI=1S/C3H4N2O2S/c6-5-2-4-1-3(5)8-7/h2,6H,1H2. The van der Waals surface area contributed by atoms with Crippen molar-refractivity contribution in [3.05, 3.63) is 0 Å². The van der Waals surface area contributed by atoms with Crippen LogP contribution in [0.25, 0.3) is 0 Å². The van der Waals surface area contributed by atoms with Gasteiger partial charge in [-0.1, -0.05) is 0 Å². The predicted octanol–water partition coefficient (Wildman–Crippen LogP) is -0.938. The number of aliphatic imine (C=N–C) groups is 1. The molecule has 0 atom stereocenters. The second-order valence-corrected chi connectivity index (χ2v) is 1.92. The van der Waals surface area contributed by atoms with Gasteiger partial charge in [-0.25, -0.2) is 9.27 Å². The van der Waals surface area contributed by atoms with Crippen molar-refractivity contribution < 1.29 is 9.42 Å². The van der Waals surface area contributed by atoms with Gasteiger partial charge in [-0.05, 0) is 0 Å². The van der Waals surface area contributed by atoms with E-state index in [1.165, 1.54) is 6.34 Å². The van der Waals surface area contributed by atoms with Gasteiger partial charge in [0.05, 0.1) is 6.54 Å². The molecule has 0 bridgehead atoms. The van der Waals surface area contributed by atoms with E-state index in [-0.39, 0.29) is 11.3 Å². The lowest BCUT2D eigenvalue weighted by atomic mass is 10.7. The van der Waals surface area contributed by atoms with E-state index < -0.39 is 0 Å². The molecule has 5 heteroatoms. The van der Waals surface area contributed by atoms with Gasteiger partial charge < -0.3 is 0 Å². The number of rotatable bonds is 0. The largest absolute Gasteiger partial charge is 0.282 e. The van der Waals surface area contributed by atoms with Crippen LogP contribution < -0.4 is 0 Å². The zero-order valence-electron chi connectivity index (χ0n) is 3.94. The van der Waals surface area contributed by atoms with E-state index in [0.29, 0.717) is 11.5 Å². The first-order chi connectivity index (χ1) is 3.84. The van der Waals surface area contributed by atoms with Crippen LogP contribution in [0.1, 0.15) is 0 Å². The minimum absolute atomic E-state index is 0.258. The SMILES string of the molecule is O=S=C1CN=CN1O. The summed E-state index contributed by atoms with van der Waals surface area (Å²) in [4.78, 5) is 3.93. The highest BCUT2D eigenvalue weighted by atomic mass is 32.1. The summed E-state index contributed by atoms with van der Waals surface area (Å²) in [5.41, 5.74) is 0. The highest BCUT2D eigenvalue weighted by Gasteiger charge is 2.09. The van der Waals surface area contributed by atoms with E-state index in [1.54, 1.807) is 0 Å². The third-order valence-electron chi connectivity index (χ3n) is 0.769. The fourth-order valence-electron chi connectivity index (χ4n) is 0.398. The molecule has 4 nitrogen and oxygen atoms in total. The van der Waals surface area contributed by atoms with Crippen LogP contribution >= 0.6 is 0 Å². The molecule has 0 unspecified atom stereocenters. The molecule has 1 aliphatic heterocycles. The minimum atomic E-state index is 0.258. The number of hydrogen-bond donors (Lipinski definition) is 1. The van der Waals surface area contributed by atoms with Crippen molar-refractivity contribution in [2.45, 2.75) is 0 Å². The third-order valence-corrected chi connectivity index (χ3v) is 1.28. The van der Waals surface area contributed by atoms with Crippen LogP contribution in [0.5, 0.6) is 0 Å². The van der Waals surface area contributed by atoms with Gasteiger partial charge in [-0.3, -0.25) is 10.2 Å². The molecule has 44 valence electrons. The van der Waals surface area contributed by atoms with Gasteiger partial charge in [-0.15, -0.1) is 0 Å². The second-order valence-electron chi connectivity index (χ2n) is 1.28. The number of nitrogens with zero attached hydrogens (tertiary/aromatic N) is 2. The first kappa shape index (κ1) is 5.46. The fraction of sp³-hybridized carbons (Fsp3) is 0.333. The Morgan fingerprint density at radius 3 is 3.00 bits per heavy atom. The van der Waals surface area contributed by atoms with Crippen molar-refractivity contribution in [2.75, 3.05) is 6.54 Å². The number of hydrogen-bond acceptors (Lipinski definition) is 3. The van der Waals surface area contributed by atoms with Gasteiger partial charge in [0.25, 0.3) is 0 Å². The summed E-state index contributed by atoms with van der Waals surface area (Å²) in [5, 5.41) is 9.35. The zero-order chi connectivity index (χ0) is 5.98.